The largest absolute Gasteiger partial charge is 0.447 e. The number of alkyl halides is 1. The summed E-state index contributed by atoms with van der Waals surface area (Å²) < 4.78 is 5.08. The van der Waals surface area contributed by atoms with E-state index < -0.39 is 6.09 Å². The normalized spacial score (nSPS) is 48.1. The van der Waals surface area contributed by atoms with Gasteiger partial charge in [-0.25, -0.2) is 9.69 Å². The molecule has 7 atom stereocenters. The zero-order valence-electron chi connectivity index (χ0n) is 11.8. The van der Waals surface area contributed by atoms with Crippen molar-refractivity contribution < 1.29 is 14.3 Å². The fraction of sp³-hybridized carbons (Fsp3) is 0.867. The summed E-state index contributed by atoms with van der Waals surface area (Å²) in [6.07, 6.45) is 1.37. The molecule has 0 spiro atoms. The first-order valence-electron chi connectivity index (χ1n) is 7.63. The van der Waals surface area contributed by atoms with Gasteiger partial charge in [-0.1, -0.05) is 29.8 Å². The van der Waals surface area contributed by atoms with Crippen LogP contribution in [-0.4, -0.2) is 34.4 Å². The summed E-state index contributed by atoms with van der Waals surface area (Å²) >= 11 is 3.80. The van der Waals surface area contributed by atoms with E-state index in [1.165, 1.54) is 11.3 Å². The lowest BCUT2D eigenvalue weighted by molar-refractivity contribution is -0.131. The molecule has 0 unspecified atom stereocenters. The fourth-order valence-corrected chi connectivity index (χ4v) is 6.37. The first kappa shape index (κ1) is 13.1. The van der Waals surface area contributed by atoms with E-state index in [-0.39, 0.29) is 17.9 Å². The van der Waals surface area contributed by atoms with Crippen molar-refractivity contribution in [3.05, 3.63) is 0 Å². The number of carbonyl (C=O) groups excluding carboxylic acids is 2. The van der Waals surface area contributed by atoms with Crippen molar-refractivity contribution in [2.24, 2.45) is 35.5 Å². The van der Waals surface area contributed by atoms with E-state index in [9.17, 15) is 9.59 Å². The third-order valence-electron chi connectivity index (χ3n) is 6.01. The predicted molar refractivity (Wildman–Crippen MR) is 76.2 cm³/mol. The molecular formula is C15H20BrNO3. The van der Waals surface area contributed by atoms with Crippen LogP contribution in [0.5, 0.6) is 0 Å². The molecule has 0 N–H and O–H groups in total. The smallest absolute Gasteiger partial charge is 0.416 e. The maximum atomic E-state index is 12.6. The predicted octanol–water partition coefficient (Wildman–Crippen LogP) is 2.66. The van der Waals surface area contributed by atoms with Crippen molar-refractivity contribution in [1.29, 1.82) is 0 Å². The summed E-state index contributed by atoms with van der Waals surface area (Å²) in [5.74, 6) is 3.77. The van der Waals surface area contributed by atoms with Crippen LogP contribution in [0.15, 0.2) is 0 Å². The minimum Gasteiger partial charge on any atom is -0.447 e. The summed E-state index contributed by atoms with van der Waals surface area (Å²) in [4.78, 5) is 26.4. The van der Waals surface area contributed by atoms with Gasteiger partial charge in [-0.2, -0.15) is 0 Å². The van der Waals surface area contributed by atoms with Crippen molar-refractivity contribution >= 4 is 27.9 Å². The molecule has 0 radical (unpaired) electrons. The molecule has 5 aliphatic rings. The number of imide groups is 1. The van der Waals surface area contributed by atoms with E-state index >= 15 is 0 Å². The van der Waals surface area contributed by atoms with Crippen molar-refractivity contribution in [2.75, 3.05) is 6.61 Å². The number of hydrogen-bond donors (Lipinski definition) is 0. The molecule has 4 aliphatic carbocycles. The van der Waals surface area contributed by atoms with Crippen LogP contribution in [-0.2, 0) is 9.53 Å². The Morgan fingerprint density at radius 3 is 2.65 bits per heavy atom. The molecule has 1 heterocycles. The van der Waals surface area contributed by atoms with Gasteiger partial charge in [-0.3, -0.25) is 4.79 Å². The Hall–Kier alpha value is -0.580. The third kappa shape index (κ3) is 1.59. The van der Waals surface area contributed by atoms with Crippen LogP contribution in [0.1, 0.15) is 26.7 Å². The molecule has 4 bridgehead atoms. The first-order chi connectivity index (χ1) is 9.50. The van der Waals surface area contributed by atoms with Gasteiger partial charge >= 0.3 is 6.09 Å². The minimum atomic E-state index is -0.443. The van der Waals surface area contributed by atoms with E-state index in [0.29, 0.717) is 29.7 Å². The van der Waals surface area contributed by atoms with Gasteiger partial charge in [-0.15, -0.1) is 0 Å². The fourth-order valence-electron chi connectivity index (χ4n) is 5.02. The summed E-state index contributed by atoms with van der Waals surface area (Å²) in [5.41, 5.74) is 0. The Balaban J connectivity index is 1.47. The molecule has 4 saturated carbocycles. The molecule has 4 nitrogen and oxygen atoms in total. The van der Waals surface area contributed by atoms with E-state index in [4.69, 9.17) is 4.74 Å². The van der Waals surface area contributed by atoms with Gasteiger partial charge in [0.25, 0.3) is 0 Å². The van der Waals surface area contributed by atoms with Crippen molar-refractivity contribution in [3.63, 3.8) is 0 Å². The molecular weight excluding hydrogens is 322 g/mol. The van der Waals surface area contributed by atoms with Crippen LogP contribution < -0.4 is 0 Å². The zero-order valence-corrected chi connectivity index (χ0v) is 13.4. The van der Waals surface area contributed by atoms with Gasteiger partial charge in [0.2, 0.25) is 5.91 Å². The second-order valence-corrected chi connectivity index (χ2v) is 8.24. The summed E-state index contributed by atoms with van der Waals surface area (Å²) in [7, 11) is 0. The number of halogens is 1. The monoisotopic (exact) mass is 341 g/mol. The van der Waals surface area contributed by atoms with Gasteiger partial charge in [0, 0.05) is 11.2 Å². The molecule has 2 amide bonds. The van der Waals surface area contributed by atoms with Crippen LogP contribution in [0.25, 0.3) is 0 Å². The number of cyclic esters (lactones) is 1. The van der Waals surface area contributed by atoms with Crippen molar-refractivity contribution in [3.8, 4) is 0 Å². The lowest BCUT2D eigenvalue weighted by atomic mass is 9.93. The number of nitrogens with zero attached hydrogens (tertiary/aromatic N) is 1. The van der Waals surface area contributed by atoms with Crippen molar-refractivity contribution in [1.82, 2.24) is 4.90 Å². The van der Waals surface area contributed by atoms with Gasteiger partial charge in [-0.05, 0) is 41.9 Å². The lowest BCUT2D eigenvalue weighted by Gasteiger charge is -2.25. The van der Waals surface area contributed by atoms with E-state index in [2.05, 4.69) is 15.9 Å². The topological polar surface area (TPSA) is 46.6 Å². The number of ether oxygens (including phenoxy) is 1. The highest BCUT2D eigenvalue weighted by molar-refractivity contribution is 9.09. The Bertz CT molecular complexity index is 480. The zero-order chi connectivity index (χ0) is 14.2. The molecule has 0 aromatic carbocycles. The summed E-state index contributed by atoms with van der Waals surface area (Å²) in [6, 6.07) is -0.0822. The standard InChI is InChI=1S/C15H20BrNO3/c1-6(2)10-5-20-15(19)17(10)11(18)4-7-8-3-9-12(7)13(9)14(8)16/h6-10,12-14H,3-5H2,1-2H3/t7-,8+,9-,10-,12-,13-,14+/m0/s1. The Labute approximate surface area is 127 Å². The van der Waals surface area contributed by atoms with Crippen LogP contribution in [0.3, 0.4) is 0 Å². The summed E-state index contributed by atoms with van der Waals surface area (Å²) in [5, 5.41) is 0. The lowest BCUT2D eigenvalue weighted by Crippen LogP contribution is -2.42. The van der Waals surface area contributed by atoms with Gasteiger partial charge in [0.15, 0.2) is 0 Å². The highest BCUT2D eigenvalue weighted by Gasteiger charge is 2.72. The quantitative estimate of drug-likeness (QED) is 0.741. The van der Waals surface area contributed by atoms with Crippen LogP contribution >= 0.6 is 15.9 Å². The molecule has 5 fully saturated rings. The second kappa shape index (κ2) is 4.21. The molecule has 110 valence electrons. The van der Waals surface area contributed by atoms with E-state index in [1.807, 2.05) is 13.8 Å². The highest BCUT2D eigenvalue weighted by Crippen LogP contribution is 2.75. The Kier molecular flexibility index (Phi) is 2.76. The third-order valence-corrected chi connectivity index (χ3v) is 7.30. The molecule has 5 heteroatoms. The second-order valence-electron chi connectivity index (χ2n) is 7.18. The molecule has 1 saturated heterocycles. The molecule has 0 aromatic rings. The van der Waals surface area contributed by atoms with Crippen LogP contribution in [0, 0.1) is 35.5 Å². The molecule has 1 aliphatic heterocycles. The Morgan fingerprint density at radius 1 is 1.40 bits per heavy atom. The number of hydrogen-bond acceptors (Lipinski definition) is 3. The van der Waals surface area contributed by atoms with Crippen molar-refractivity contribution in [2.45, 2.75) is 37.6 Å². The SMILES string of the molecule is CC(C)[C@@H]1COC(=O)N1C(=O)C[C@H]1[C@H]2C[C@H]3[C@H]1[C@H]3[C@@H]2Br. The minimum absolute atomic E-state index is 0.0194. The average molecular weight is 342 g/mol. The summed E-state index contributed by atoms with van der Waals surface area (Å²) in [6.45, 7) is 4.42. The molecule has 0 aromatic heterocycles. The maximum absolute atomic E-state index is 12.6. The Morgan fingerprint density at radius 2 is 2.15 bits per heavy atom. The van der Waals surface area contributed by atoms with Gasteiger partial charge < -0.3 is 4.74 Å². The first-order valence-corrected chi connectivity index (χ1v) is 8.55. The highest BCUT2D eigenvalue weighted by atomic mass is 79.9. The number of carbonyl (C=O) groups is 2. The number of amides is 2. The van der Waals surface area contributed by atoms with Gasteiger partial charge in [0.1, 0.15) is 6.61 Å². The van der Waals surface area contributed by atoms with E-state index in [0.717, 1.165) is 17.8 Å². The van der Waals surface area contributed by atoms with Crippen LogP contribution in [0.4, 0.5) is 4.79 Å². The van der Waals surface area contributed by atoms with E-state index in [1.54, 1.807) is 0 Å². The van der Waals surface area contributed by atoms with Gasteiger partial charge in [0.05, 0.1) is 6.04 Å². The number of rotatable bonds is 3. The van der Waals surface area contributed by atoms with Crippen LogP contribution in [0.2, 0.25) is 0 Å². The average Bonchev–Trinajstić information content (AvgIpc) is 2.70. The molecule has 5 rings (SSSR count). The molecule has 20 heavy (non-hydrogen) atoms. The maximum Gasteiger partial charge on any atom is 0.416 e.